The van der Waals surface area contributed by atoms with Crippen LogP contribution < -0.4 is 0 Å². The summed E-state index contributed by atoms with van der Waals surface area (Å²) in [5.41, 5.74) is 3.98. The maximum atomic E-state index is 13.2. The first-order valence-corrected chi connectivity index (χ1v) is 8.43. The molecule has 1 heterocycles. The summed E-state index contributed by atoms with van der Waals surface area (Å²) in [6.07, 6.45) is -4.51. The van der Waals surface area contributed by atoms with Gasteiger partial charge in [0.15, 0.2) is 0 Å². The molecule has 26 heavy (non-hydrogen) atoms. The topological polar surface area (TPSA) is 40.5 Å². The molecule has 0 aliphatic carbocycles. The van der Waals surface area contributed by atoms with Crippen molar-refractivity contribution >= 4 is 5.97 Å². The van der Waals surface area contributed by atoms with E-state index in [0.29, 0.717) is 6.54 Å². The molecule has 2 aromatic carbocycles. The Bertz CT molecular complexity index is 804. The van der Waals surface area contributed by atoms with Gasteiger partial charge in [-0.05, 0) is 29.2 Å². The standard InChI is InChI=1S/C20H20F3NO2/c1-13-6-2-4-8-15(13)16-9-5-3-7-14(16)10-24-11-17(19(25)26)18(12-24)20(21,22)23/h2-9,17-18H,10-12H2,1H3,(H,25,26)/t17-,18-/m1/s1. The third-order valence-corrected chi connectivity index (χ3v) is 4.98. The van der Waals surface area contributed by atoms with Crippen LogP contribution in [-0.2, 0) is 11.3 Å². The Morgan fingerprint density at radius 3 is 2.27 bits per heavy atom. The lowest BCUT2D eigenvalue weighted by Crippen LogP contribution is -2.33. The first kappa shape index (κ1) is 18.5. The number of carboxylic acids is 1. The van der Waals surface area contributed by atoms with Crippen LogP contribution in [0.25, 0.3) is 11.1 Å². The highest BCUT2D eigenvalue weighted by Crippen LogP contribution is 2.39. The minimum atomic E-state index is -4.51. The zero-order chi connectivity index (χ0) is 18.9. The molecule has 1 aliphatic heterocycles. The molecule has 2 aromatic rings. The molecule has 0 spiro atoms. The summed E-state index contributed by atoms with van der Waals surface area (Å²) in [4.78, 5) is 12.9. The fourth-order valence-electron chi connectivity index (χ4n) is 3.63. The molecule has 0 amide bonds. The lowest BCUT2D eigenvalue weighted by molar-refractivity contribution is -0.188. The normalized spacial score (nSPS) is 21.1. The van der Waals surface area contributed by atoms with Gasteiger partial charge in [-0.25, -0.2) is 0 Å². The van der Waals surface area contributed by atoms with Crippen LogP contribution in [0, 0.1) is 18.8 Å². The van der Waals surface area contributed by atoms with E-state index in [9.17, 15) is 23.1 Å². The van der Waals surface area contributed by atoms with Gasteiger partial charge in [0, 0.05) is 19.6 Å². The van der Waals surface area contributed by atoms with Crippen LogP contribution in [0.5, 0.6) is 0 Å². The van der Waals surface area contributed by atoms with Gasteiger partial charge in [-0.1, -0.05) is 48.5 Å². The minimum absolute atomic E-state index is 0.0956. The Balaban J connectivity index is 1.87. The zero-order valence-corrected chi connectivity index (χ0v) is 14.3. The molecular weight excluding hydrogens is 343 g/mol. The van der Waals surface area contributed by atoms with E-state index in [-0.39, 0.29) is 13.1 Å². The van der Waals surface area contributed by atoms with Crippen LogP contribution in [0.3, 0.4) is 0 Å². The maximum Gasteiger partial charge on any atom is 0.393 e. The fourth-order valence-corrected chi connectivity index (χ4v) is 3.63. The predicted octanol–water partition coefficient (Wildman–Crippen LogP) is 4.36. The van der Waals surface area contributed by atoms with E-state index in [2.05, 4.69) is 0 Å². The quantitative estimate of drug-likeness (QED) is 0.878. The Kier molecular flexibility index (Phi) is 5.05. The molecule has 0 saturated carbocycles. The highest BCUT2D eigenvalue weighted by molar-refractivity contribution is 5.72. The monoisotopic (exact) mass is 363 g/mol. The lowest BCUT2D eigenvalue weighted by Gasteiger charge is -2.20. The van der Waals surface area contributed by atoms with Crippen molar-refractivity contribution in [3.05, 3.63) is 59.7 Å². The van der Waals surface area contributed by atoms with Crippen LogP contribution in [-0.4, -0.2) is 35.2 Å². The van der Waals surface area contributed by atoms with Gasteiger partial charge >= 0.3 is 12.1 Å². The molecule has 3 rings (SSSR count). The first-order chi connectivity index (χ1) is 12.3. The Hall–Kier alpha value is -2.34. The number of rotatable bonds is 4. The zero-order valence-electron chi connectivity index (χ0n) is 14.3. The molecule has 1 saturated heterocycles. The number of nitrogens with zero attached hydrogens (tertiary/aromatic N) is 1. The van der Waals surface area contributed by atoms with Crippen molar-refractivity contribution in [1.82, 2.24) is 4.90 Å². The molecule has 3 nitrogen and oxygen atoms in total. The smallest absolute Gasteiger partial charge is 0.393 e. The number of likely N-dealkylation sites (tertiary alicyclic amines) is 1. The maximum absolute atomic E-state index is 13.2. The number of halogens is 3. The van der Waals surface area contributed by atoms with Gasteiger partial charge in [0.1, 0.15) is 0 Å². The summed E-state index contributed by atoms with van der Waals surface area (Å²) < 4.78 is 39.6. The third-order valence-electron chi connectivity index (χ3n) is 4.98. The van der Waals surface area contributed by atoms with Crippen LogP contribution in [0.1, 0.15) is 11.1 Å². The second-order valence-corrected chi connectivity index (χ2v) is 6.76. The van der Waals surface area contributed by atoms with Crippen molar-refractivity contribution in [2.45, 2.75) is 19.6 Å². The van der Waals surface area contributed by atoms with Gasteiger partial charge in [-0.15, -0.1) is 0 Å². The molecule has 1 aliphatic rings. The van der Waals surface area contributed by atoms with E-state index in [1.165, 1.54) is 0 Å². The van der Waals surface area contributed by atoms with Crippen LogP contribution in [0.2, 0.25) is 0 Å². The van der Waals surface area contributed by atoms with Gasteiger partial charge in [0.2, 0.25) is 0 Å². The molecule has 1 N–H and O–H groups in total. The molecule has 0 unspecified atom stereocenters. The van der Waals surface area contributed by atoms with E-state index >= 15 is 0 Å². The number of hydrogen-bond acceptors (Lipinski definition) is 2. The van der Waals surface area contributed by atoms with E-state index < -0.39 is 24.0 Å². The lowest BCUT2D eigenvalue weighted by atomic mass is 9.96. The average molecular weight is 363 g/mol. The van der Waals surface area contributed by atoms with Crippen LogP contribution >= 0.6 is 0 Å². The predicted molar refractivity (Wildman–Crippen MR) is 92.6 cm³/mol. The summed E-state index contributed by atoms with van der Waals surface area (Å²) in [7, 11) is 0. The summed E-state index contributed by atoms with van der Waals surface area (Å²) in [6, 6.07) is 15.4. The van der Waals surface area contributed by atoms with Crippen molar-refractivity contribution in [1.29, 1.82) is 0 Å². The molecular formula is C20H20F3NO2. The van der Waals surface area contributed by atoms with Crippen molar-refractivity contribution in [3.63, 3.8) is 0 Å². The number of aryl methyl sites for hydroxylation is 1. The Morgan fingerprint density at radius 1 is 1.08 bits per heavy atom. The van der Waals surface area contributed by atoms with E-state index in [1.807, 2.05) is 55.5 Å². The van der Waals surface area contributed by atoms with Gasteiger partial charge < -0.3 is 5.11 Å². The van der Waals surface area contributed by atoms with E-state index in [4.69, 9.17) is 0 Å². The largest absolute Gasteiger partial charge is 0.481 e. The molecule has 0 bridgehead atoms. The first-order valence-electron chi connectivity index (χ1n) is 8.43. The highest BCUT2D eigenvalue weighted by atomic mass is 19.4. The number of aliphatic carboxylic acids is 1. The molecule has 2 atom stereocenters. The van der Waals surface area contributed by atoms with Crippen molar-refractivity contribution in [2.75, 3.05) is 13.1 Å². The number of hydrogen-bond donors (Lipinski definition) is 1. The van der Waals surface area contributed by atoms with Gasteiger partial charge in [0.25, 0.3) is 0 Å². The highest BCUT2D eigenvalue weighted by Gasteiger charge is 2.52. The van der Waals surface area contributed by atoms with Gasteiger partial charge in [-0.3, -0.25) is 9.69 Å². The van der Waals surface area contributed by atoms with Crippen LogP contribution in [0.4, 0.5) is 13.2 Å². The van der Waals surface area contributed by atoms with Crippen LogP contribution in [0.15, 0.2) is 48.5 Å². The Morgan fingerprint density at radius 2 is 1.69 bits per heavy atom. The van der Waals surface area contributed by atoms with Crippen molar-refractivity contribution in [2.24, 2.45) is 11.8 Å². The summed E-state index contributed by atoms with van der Waals surface area (Å²) in [6.45, 7) is 1.90. The molecule has 0 radical (unpaired) electrons. The number of carbonyl (C=O) groups is 1. The second-order valence-electron chi connectivity index (χ2n) is 6.76. The second kappa shape index (κ2) is 7.11. The fraction of sp³-hybridized carbons (Fsp3) is 0.350. The third kappa shape index (κ3) is 3.75. The van der Waals surface area contributed by atoms with E-state index in [1.54, 1.807) is 4.90 Å². The summed E-state index contributed by atoms with van der Waals surface area (Å²) in [5.74, 6) is -4.63. The summed E-state index contributed by atoms with van der Waals surface area (Å²) >= 11 is 0. The van der Waals surface area contributed by atoms with E-state index in [0.717, 1.165) is 22.3 Å². The molecule has 138 valence electrons. The minimum Gasteiger partial charge on any atom is -0.481 e. The number of alkyl halides is 3. The number of benzene rings is 2. The average Bonchev–Trinajstić information content (AvgIpc) is 3.01. The summed E-state index contributed by atoms with van der Waals surface area (Å²) in [5, 5.41) is 9.17. The van der Waals surface area contributed by atoms with Gasteiger partial charge in [-0.2, -0.15) is 13.2 Å². The van der Waals surface area contributed by atoms with Gasteiger partial charge in [0.05, 0.1) is 11.8 Å². The molecule has 0 aromatic heterocycles. The molecule has 1 fully saturated rings. The Labute approximate surface area is 150 Å². The number of carboxylic acid groups (broad SMARTS) is 1. The SMILES string of the molecule is Cc1ccccc1-c1ccccc1CN1C[C@@H](C(F)(F)F)[C@H](C(=O)O)C1. The molecule has 6 heteroatoms. The van der Waals surface area contributed by atoms with Crippen molar-refractivity contribution < 1.29 is 23.1 Å². The van der Waals surface area contributed by atoms with Crippen molar-refractivity contribution in [3.8, 4) is 11.1 Å².